The lowest BCUT2D eigenvalue weighted by molar-refractivity contribution is 0.0690. The first-order valence-electron chi connectivity index (χ1n) is 3.66. The largest absolute Gasteiger partial charge is 0.489 e. The Bertz CT molecular complexity index is 300. The molecule has 0 saturated carbocycles. The Kier molecular flexibility index (Phi) is 3.22. The minimum atomic E-state index is -1.07. The number of aromatic carboxylic acids is 1. The molecule has 0 atom stereocenters. The molecular weight excluding hydrogens is 174 g/mol. The minimum Gasteiger partial charge on any atom is -0.489 e. The van der Waals surface area contributed by atoms with Crippen molar-refractivity contribution < 1.29 is 19.7 Å². The van der Waals surface area contributed by atoms with Crippen LogP contribution < -0.4 is 4.74 Å². The molecule has 0 radical (unpaired) electrons. The van der Waals surface area contributed by atoms with Gasteiger partial charge in [0, 0.05) is 6.20 Å². The van der Waals surface area contributed by atoms with Gasteiger partial charge in [-0.2, -0.15) is 0 Å². The van der Waals surface area contributed by atoms with E-state index >= 15 is 0 Å². The summed E-state index contributed by atoms with van der Waals surface area (Å²) in [6.07, 6.45) is 2.67. The van der Waals surface area contributed by atoms with Crippen LogP contribution in [0.15, 0.2) is 18.5 Å². The third-order valence-corrected chi connectivity index (χ3v) is 1.36. The van der Waals surface area contributed by atoms with Crippen LogP contribution >= 0.6 is 0 Å². The van der Waals surface area contributed by atoms with Crippen molar-refractivity contribution in [2.24, 2.45) is 0 Å². The van der Waals surface area contributed by atoms with Crippen LogP contribution in [0.2, 0.25) is 0 Å². The molecule has 2 N–H and O–H groups in total. The molecule has 0 aliphatic rings. The molecule has 13 heavy (non-hydrogen) atoms. The number of aliphatic hydroxyl groups excluding tert-OH is 1. The molecule has 1 rings (SSSR count). The van der Waals surface area contributed by atoms with E-state index in [9.17, 15) is 4.79 Å². The highest BCUT2D eigenvalue weighted by atomic mass is 16.5. The molecule has 70 valence electrons. The quantitative estimate of drug-likeness (QED) is 0.694. The van der Waals surface area contributed by atoms with E-state index in [0.29, 0.717) is 0 Å². The number of rotatable bonds is 4. The van der Waals surface area contributed by atoms with Crippen molar-refractivity contribution in [2.75, 3.05) is 13.2 Å². The summed E-state index contributed by atoms with van der Waals surface area (Å²) in [4.78, 5) is 14.3. The average molecular weight is 183 g/mol. The molecule has 0 aromatic carbocycles. The first kappa shape index (κ1) is 9.47. The Balaban J connectivity index is 2.84. The molecule has 1 heterocycles. The van der Waals surface area contributed by atoms with Crippen molar-refractivity contribution in [3.8, 4) is 5.75 Å². The molecule has 5 heteroatoms. The van der Waals surface area contributed by atoms with Gasteiger partial charge in [-0.25, -0.2) is 4.79 Å². The second-order valence-electron chi connectivity index (χ2n) is 2.25. The first-order valence-corrected chi connectivity index (χ1v) is 3.66. The number of carboxylic acid groups (broad SMARTS) is 1. The molecule has 0 aliphatic carbocycles. The van der Waals surface area contributed by atoms with Gasteiger partial charge in [-0.15, -0.1) is 0 Å². The lowest BCUT2D eigenvalue weighted by atomic mass is 10.2. The van der Waals surface area contributed by atoms with Crippen LogP contribution in [0.1, 0.15) is 10.4 Å². The maximum absolute atomic E-state index is 10.6. The zero-order chi connectivity index (χ0) is 9.68. The highest BCUT2D eigenvalue weighted by Gasteiger charge is 2.09. The van der Waals surface area contributed by atoms with E-state index < -0.39 is 5.97 Å². The Morgan fingerprint density at radius 1 is 1.62 bits per heavy atom. The number of ether oxygens (including phenoxy) is 1. The molecule has 0 amide bonds. The van der Waals surface area contributed by atoms with Crippen molar-refractivity contribution in [1.82, 2.24) is 4.98 Å². The number of aliphatic hydroxyl groups is 1. The van der Waals surface area contributed by atoms with Crippen LogP contribution in [0, 0.1) is 0 Å². The van der Waals surface area contributed by atoms with Crippen molar-refractivity contribution in [1.29, 1.82) is 0 Å². The number of carbonyl (C=O) groups is 1. The Morgan fingerprint density at radius 3 is 3.00 bits per heavy atom. The third-order valence-electron chi connectivity index (χ3n) is 1.36. The van der Waals surface area contributed by atoms with Crippen molar-refractivity contribution in [2.45, 2.75) is 0 Å². The maximum atomic E-state index is 10.6. The Hall–Kier alpha value is -1.62. The molecule has 0 bridgehead atoms. The predicted molar refractivity (Wildman–Crippen MR) is 43.8 cm³/mol. The number of hydrogen-bond acceptors (Lipinski definition) is 4. The van der Waals surface area contributed by atoms with Crippen LogP contribution in [-0.2, 0) is 0 Å². The van der Waals surface area contributed by atoms with Crippen molar-refractivity contribution >= 4 is 5.97 Å². The molecule has 1 aromatic rings. The molecule has 5 nitrogen and oxygen atoms in total. The highest BCUT2D eigenvalue weighted by molar-refractivity contribution is 5.90. The van der Waals surface area contributed by atoms with Gasteiger partial charge in [0.1, 0.15) is 12.2 Å². The second-order valence-corrected chi connectivity index (χ2v) is 2.25. The van der Waals surface area contributed by atoms with Crippen LogP contribution in [0.4, 0.5) is 0 Å². The van der Waals surface area contributed by atoms with Crippen LogP contribution in [0.3, 0.4) is 0 Å². The minimum absolute atomic E-state index is 0.0449. The number of carboxylic acids is 1. The van der Waals surface area contributed by atoms with E-state index in [1.54, 1.807) is 0 Å². The van der Waals surface area contributed by atoms with Gasteiger partial charge < -0.3 is 14.9 Å². The monoisotopic (exact) mass is 183 g/mol. The number of nitrogens with zero attached hydrogens (tertiary/aromatic N) is 1. The summed E-state index contributed by atoms with van der Waals surface area (Å²) in [7, 11) is 0. The topological polar surface area (TPSA) is 79.7 Å². The standard InChI is InChI=1S/C8H9NO4/c10-3-4-13-7-5-9-2-1-6(7)8(11)12/h1-2,5,10H,3-4H2,(H,11,12). The van der Waals surface area contributed by atoms with Gasteiger partial charge in [-0.3, -0.25) is 4.98 Å². The van der Waals surface area contributed by atoms with E-state index in [2.05, 4.69) is 4.98 Å². The van der Waals surface area contributed by atoms with E-state index in [1.807, 2.05) is 0 Å². The fourth-order valence-electron chi connectivity index (χ4n) is 0.827. The number of pyridine rings is 1. The first-order chi connectivity index (χ1) is 6.25. The molecule has 0 unspecified atom stereocenters. The summed E-state index contributed by atoms with van der Waals surface area (Å²) in [6, 6.07) is 1.34. The van der Waals surface area contributed by atoms with Gasteiger partial charge in [0.05, 0.1) is 12.8 Å². The van der Waals surface area contributed by atoms with Crippen molar-refractivity contribution in [3.63, 3.8) is 0 Å². The van der Waals surface area contributed by atoms with E-state index in [1.165, 1.54) is 18.5 Å². The summed E-state index contributed by atoms with van der Waals surface area (Å²) in [5.41, 5.74) is 0.0449. The Morgan fingerprint density at radius 2 is 2.38 bits per heavy atom. The van der Waals surface area contributed by atoms with Gasteiger partial charge in [0.15, 0.2) is 5.75 Å². The van der Waals surface area contributed by atoms with Crippen LogP contribution in [0.5, 0.6) is 5.75 Å². The fraction of sp³-hybridized carbons (Fsp3) is 0.250. The molecule has 0 spiro atoms. The van der Waals surface area contributed by atoms with Gasteiger partial charge in [-0.05, 0) is 6.07 Å². The summed E-state index contributed by atoms with van der Waals surface area (Å²) >= 11 is 0. The van der Waals surface area contributed by atoms with Crippen molar-refractivity contribution in [3.05, 3.63) is 24.0 Å². The summed E-state index contributed by atoms with van der Waals surface area (Å²) in [5.74, 6) is -0.903. The summed E-state index contributed by atoms with van der Waals surface area (Å²) < 4.78 is 4.95. The zero-order valence-corrected chi connectivity index (χ0v) is 6.80. The third kappa shape index (κ3) is 2.41. The Labute approximate surface area is 74.6 Å². The number of hydrogen-bond donors (Lipinski definition) is 2. The second kappa shape index (κ2) is 4.42. The maximum Gasteiger partial charge on any atom is 0.339 e. The predicted octanol–water partition coefficient (Wildman–Crippen LogP) is 0.151. The van der Waals surface area contributed by atoms with Gasteiger partial charge in [-0.1, -0.05) is 0 Å². The summed E-state index contributed by atoms with van der Waals surface area (Å²) in [6.45, 7) is -0.0973. The summed E-state index contributed by atoms with van der Waals surface area (Å²) in [5, 5.41) is 17.2. The van der Waals surface area contributed by atoms with Gasteiger partial charge in [0.2, 0.25) is 0 Å². The van der Waals surface area contributed by atoms with Gasteiger partial charge in [0.25, 0.3) is 0 Å². The van der Waals surface area contributed by atoms with E-state index in [0.717, 1.165) is 0 Å². The number of aromatic nitrogens is 1. The average Bonchev–Trinajstić information content (AvgIpc) is 2.15. The molecule has 1 aromatic heterocycles. The molecule has 0 fully saturated rings. The zero-order valence-electron chi connectivity index (χ0n) is 6.80. The lowest BCUT2D eigenvalue weighted by Gasteiger charge is -2.05. The fourth-order valence-corrected chi connectivity index (χ4v) is 0.827. The smallest absolute Gasteiger partial charge is 0.339 e. The molecular formula is C8H9NO4. The molecule has 0 saturated heterocycles. The highest BCUT2D eigenvalue weighted by Crippen LogP contribution is 2.15. The molecule has 0 aliphatic heterocycles. The van der Waals surface area contributed by atoms with E-state index in [4.69, 9.17) is 14.9 Å². The SMILES string of the molecule is O=C(O)c1ccncc1OCCO. The van der Waals surface area contributed by atoms with Gasteiger partial charge >= 0.3 is 5.97 Å². The van der Waals surface area contributed by atoms with E-state index in [-0.39, 0.29) is 24.5 Å². The van der Waals surface area contributed by atoms with Crippen LogP contribution in [-0.4, -0.2) is 34.4 Å². The lowest BCUT2D eigenvalue weighted by Crippen LogP contribution is -2.07. The van der Waals surface area contributed by atoms with Crippen LogP contribution in [0.25, 0.3) is 0 Å². The normalized spacial score (nSPS) is 9.62.